The highest BCUT2D eigenvalue weighted by molar-refractivity contribution is 9.11. The van der Waals surface area contributed by atoms with E-state index in [1.165, 1.54) is 18.2 Å². The van der Waals surface area contributed by atoms with E-state index in [-0.39, 0.29) is 10.4 Å². The molecule has 0 aromatic heterocycles. The molecule has 2 rings (SSSR count). The highest BCUT2D eigenvalue weighted by Crippen LogP contribution is 2.22. The zero-order chi connectivity index (χ0) is 11.8. The van der Waals surface area contributed by atoms with Crippen molar-refractivity contribution in [3.63, 3.8) is 0 Å². The molecular weight excluding hydrogens is 301 g/mol. The summed E-state index contributed by atoms with van der Waals surface area (Å²) in [5, 5.41) is 0.451. The summed E-state index contributed by atoms with van der Waals surface area (Å²) in [6, 6.07) is 5.15. The first-order chi connectivity index (χ1) is 7.47. The minimum Gasteiger partial charge on any atom is -0.430 e. The van der Waals surface area contributed by atoms with Gasteiger partial charge in [-0.2, -0.15) is 4.99 Å². The molecule has 0 atom stereocenters. The summed E-state index contributed by atoms with van der Waals surface area (Å²) in [7, 11) is -3.65. The molecule has 0 unspecified atom stereocenters. The standard InChI is InChI=1S/C9H5BrFNO3S/c10-8-5-16(13,14)9(12-8)15-7-3-1-2-6(11)4-7/h1-5H. The minimum absolute atomic E-state index is 0.0814. The number of halogens is 2. The molecule has 7 heteroatoms. The molecule has 16 heavy (non-hydrogen) atoms. The predicted octanol–water partition coefficient (Wildman–Crippen LogP) is 2.18. The van der Waals surface area contributed by atoms with Crippen LogP contribution >= 0.6 is 15.9 Å². The molecular formula is C9H5BrFNO3S. The van der Waals surface area contributed by atoms with Crippen molar-refractivity contribution in [1.29, 1.82) is 0 Å². The van der Waals surface area contributed by atoms with Crippen molar-refractivity contribution in [3.05, 3.63) is 40.1 Å². The van der Waals surface area contributed by atoms with Crippen LogP contribution in [0.15, 0.2) is 39.3 Å². The van der Waals surface area contributed by atoms with Crippen molar-refractivity contribution < 1.29 is 17.5 Å². The fourth-order valence-corrected chi connectivity index (χ4v) is 2.93. The number of nitrogens with zero attached hydrogens (tertiary/aromatic N) is 1. The van der Waals surface area contributed by atoms with Gasteiger partial charge in [-0.15, -0.1) is 0 Å². The first-order valence-electron chi connectivity index (χ1n) is 4.12. The zero-order valence-corrected chi connectivity index (χ0v) is 10.1. The summed E-state index contributed by atoms with van der Waals surface area (Å²) < 4.78 is 40.8. The monoisotopic (exact) mass is 305 g/mol. The molecule has 1 aliphatic heterocycles. The lowest BCUT2D eigenvalue weighted by Crippen LogP contribution is -2.16. The predicted molar refractivity (Wildman–Crippen MR) is 60.4 cm³/mol. The molecule has 1 heterocycles. The van der Waals surface area contributed by atoms with Gasteiger partial charge in [-0.1, -0.05) is 6.07 Å². The average Bonchev–Trinajstić information content (AvgIpc) is 2.39. The number of ether oxygens (including phenoxy) is 1. The van der Waals surface area contributed by atoms with Crippen molar-refractivity contribution in [1.82, 2.24) is 0 Å². The molecule has 0 N–H and O–H groups in total. The maximum Gasteiger partial charge on any atom is 0.320 e. The van der Waals surface area contributed by atoms with Gasteiger partial charge in [0.1, 0.15) is 16.2 Å². The molecule has 84 valence electrons. The van der Waals surface area contributed by atoms with E-state index in [1.54, 1.807) is 0 Å². The SMILES string of the molecule is O=S1(=O)C=C(Br)N=C1Oc1cccc(F)c1. The van der Waals surface area contributed by atoms with Crippen molar-refractivity contribution >= 4 is 31.0 Å². The van der Waals surface area contributed by atoms with Gasteiger partial charge in [-0.3, -0.25) is 0 Å². The molecule has 0 amide bonds. The van der Waals surface area contributed by atoms with Gasteiger partial charge in [0, 0.05) is 6.07 Å². The number of aliphatic imine (C=N–C) groups is 1. The maximum absolute atomic E-state index is 12.8. The van der Waals surface area contributed by atoms with Crippen LogP contribution in [-0.4, -0.2) is 13.6 Å². The van der Waals surface area contributed by atoms with E-state index in [0.29, 0.717) is 0 Å². The summed E-state index contributed by atoms with van der Waals surface area (Å²) in [6.45, 7) is 0. The second kappa shape index (κ2) is 3.99. The Balaban J connectivity index is 2.28. The molecule has 4 nitrogen and oxygen atoms in total. The molecule has 1 aliphatic rings. The molecule has 0 spiro atoms. The fourth-order valence-electron chi connectivity index (χ4n) is 1.07. The number of benzene rings is 1. The van der Waals surface area contributed by atoms with E-state index in [4.69, 9.17) is 4.74 Å². The Morgan fingerprint density at radius 2 is 2.12 bits per heavy atom. The third kappa shape index (κ3) is 2.30. The molecule has 1 aromatic rings. The number of sulfone groups is 1. The third-order valence-corrected chi connectivity index (χ3v) is 3.60. The van der Waals surface area contributed by atoms with Crippen LogP contribution in [0.2, 0.25) is 0 Å². The lowest BCUT2D eigenvalue weighted by Gasteiger charge is -2.03. The summed E-state index contributed by atoms with van der Waals surface area (Å²) in [5.74, 6) is -0.432. The van der Waals surface area contributed by atoms with Gasteiger partial charge in [-0.05, 0) is 28.1 Å². The molecule has 0 saturated carbocycles. The van der Waals surface area contributed by atoms with Crippen molar-refractivity contribution in [2.75, 3.05) is 0 Å². The molecule has 0 radical (unpaired) electrons. The van der Waals surface area contributed by atoms with Gasteiger partial charge in [0.25, 0.3) is 9.84 Å². The quantitative estimate of drug-likeness (QED) is 0.747. The fraction of sp³-hybridized carbons (Fsp3) is 0. The highest BCUT2D eigenvalue weighted by atomic mass is 79.9. The van der Waals surface area contributed by atoms with Crippen LogP contribution in [0.25, 0.3) is 0 Å². The second-order valence-electron chi connectivity index (χ2n) is 2.92. The van der Waals surface area contributed by atoms with E-state index in [0.717, 1.165) is 11.5 Å². The Morgan fingerprint density at radius 1 is 1.38 bits per heavy atom. The molecule has 0 bridgehead atoms. The van der Waals surface area contributed by atoms with Crippen LogP contribution in [0.4, 0.5) is 4.39 Å². The van der Waals surface area contributed by atoms with Gasteiger partial charge in [0.2, 0.25) is 0 Å². The van der Waals surface area contributed by atoms with E-state index < -0.39 is 20.9 Å². The van der Waals surface area contributed by atoms with Gasteiger partial charge in [0.05, 0.1) is 5.41 Å². The molecule has 0 saturated heterocycles. The highest BCUT2D eigenvalue weighted by Gasteiger charge is 2.26. The summed E-state index contributed by atoms with van der Waals surface area (Å²) in [5.41, 5.74) is 0. The molecule has 0 aliphatic carbocycles. The maximum atomic E-state index is 12.8. The van der Waals surface area contributed by atoms with Crippen LogP contribution in [-0.2, 0) is 9.84 Å². The Morgan fingerprint density at radius 3 is 2.69 bits per heavy atom. The first kappa shape index (κ1) is 11.3. The van der Waals surface area contributed by atoms with E-state index >= 15 is 0 Å². The van der Waals surface area contributed by atoms with Gasteiger partial charge < -0.3 is 4.74 Å². The van der Waals surface area contributed by atoms with Crippen LogP contribution in [0.3, 0.4) is 0 Å². The summed E-state index contributed by atoms with van der Waals surface area (Å²) in [4.78, 5) is 3.63. The van der Waals surface area contributed by atoms with Crippen molar-refractivity contribution in [2.45, 2.75) is 0 Å². The van der Waals surface area contributed by atoms with Gasteiger partial charge >= 0.3 is 5.23 Å². The largest absolute Gasteiger partial charge is 0.430 e. The van der Waals surface area contributed by atoms with Crippen molar-refractivity contribution in [2.24, 2.45) is 4.99 Å². The first-order valence-corrected chi connectivity index (χ1v) is 6.46. The molecule has 1 aromatic carbocycles. The van der Waals surface area contributed by atoms with E-state index in [2.05, 4.69) is 20.9 Å². The minimum atomic E-state index is -3.65. The van der Waals surface area contributed by atoms with E-state index in [1.807, 2.05) is 0 Å². The Bertz CT molecular complexity index is 595. The van der Waals surface area contributed by atoms with Crippen LogP contribution in [0.1, 0.15) is 0 Å². The lowest BCUT2D eigenvalue weighted by molar-refractivity contribution is 0.539. The van der Waals surface area contributed by atoms with Crippen LogP contribution in [0, 0.1) is 5.82 Å². The third-order valence-electron chi connectivity index (χ3n) is 1.70. The normalized spacial score (nSPS) is 17.9. The van der Waals surface area contributed by atoms with Crippen LogP contribution in [0.5, 0.6) is 5.75 Å². The van der Waals surface area contributed by atoms with Crippen molar-refractivity contribution in [3.8, 4) is 5.75 Å². The Hall–Kier alpha value is -1.21. The van der Waals surface area contributed by atoms with Gasteiger partial charge in [-0.25, -0.2) is 12.8 Å². The summed E-state index contributed by atoms with van der Waals surface area (Å²) in [6.07, 6.45) is 0. The smallest absolute Gasteiger partial charge is 0.320 e. The number of rotatable bonds is 1. The Labute approximate surface area is 99.5 Å². The topological polar surface area (TPSA) is 55.7 Å². The lowest BCUT2D eigenvalue weighted by atomic mass is 10.3. The van der Waals surface area contributed by atoms with Gasteiger partial charge in [0.15, 0.2) is 0 Å². The average molecular weight is 306 g/mol. The summed E-state index contributed by atoms with van der Waals surface area (Å²) >= 11 is 2.92. The molecule has 0 fully saturated rings. The Kier molecular flexibility index (Phi) is 2.81. The van der Waals surface area contributed by atoms with Crippen LogP contribution < -0.4 is 4.74 Å². The second-order valence-corrected chi connectivity index (χ2v) is 5.41. The van der Waals surface area contributed by atoms with E-state index in [9.17, 15) is 12.8 Å². The number of hydrogen-bond acceptors (Lipinski definition) is 4. The number of hydrogen-bond donors (Lipinski definition) is 0. The zero-order valence-electron chi connectivity index (χ0n) is 7.72.